The minimum Gasteiger partial charge on any atom is -0.481 e. The first-order valence-electron chi connectivity index (χ1n) is 5.26. The van der Waals surface area contributed by atoms with Gasteiger partial charge in [-0.3, -0.25) is 9.59 Å². The molecule has 0 aromatic rings. The third kappa shape index (κ3) is 17.2. The Hall–Kier alpha value is -1.43. The molecule has 0 spiro atoms. The summed E-state index contributed by atoms with van der Waals surface area (Å²) in [5.74, 6) is -1.74. The van der Waals surface area contributed by atoms with E-state index >= 15 is 0 Å². The molecule has 0 saturated heterocycles. The summed E-state index contributed by atoms with van der Waals surface area (Å²) in [5, 5.41) is 24.6. The Balaban J connectivity index is 0. The fourth-order valence-electron chi connectivity index (χ4n) is 0.590. The van der Waals surface area contributed by atoms with E-state index in [2.05, 4.69) is 0 Å². The van der Waals surface area contributed by atoms with E-state index < -0.39 is 17.4 Å². The standard InChI is InChI=1S/C6H10O4.C5H10O2/c7-5(8)3-1-2-4-6(9)10;1-5(2,3-6)4-7/h1-4H2,(H,7,8)(H,9,10);3,7H,4H2,1-2H3. The molecule has 0 unspecified atom stereocenters. The third-order valence-corrected chi connectivity index (χ3v) is 1.76. The first-order chi connectivity index (χ1) is 7.75. The molecule has 0 amide bonds. The van der Waals surface area contributed by atoms with E-state index in [1.54, 1.807) is 13.8 Å². The molecule has 6 heteroatoms. The van der Waals surface area contributed by atoms with Gasteiger partial charge in [0.15, 0.2) is 0 Å². The Morgan fingerprint density at radius 1 is 1.06 bits per heavy atom. The number of rotatable bonds is 7. The average Bonchev–Trinajstić information content (AvgIpc) is 2.25. The van der Waals surface area contributed by atoms with Crippen molar-refractivity contribution in [2.24, 2.45) is 5.41 Å². The highest BCUT2D eigenvalue weighted by Gasteiger charge is 2.12. The van der Waals surface area contributed by atoms with Crippen LogP contribution in [0.5, 0.6) is 0 Å². The molecule has 3 N–H and O–H groups in total. The van der Waals surface area contributed by atoms with Crippen molar-refractivity contribution < 1.29 is 29.7 Å². The largest absolute Gasteiger partial charge is 0.481 e. The van der Waals surface area contributed by atoms with Gasteiger partial charge in [0.25, 0.3) is 0 Å². The number of hydrogen-bond donors (Lipinski definition) is 3. The maximum atomic E-state index is 9.90. The van der Waals surface area contributed by atoms with E-state index in [9.17, 15) is 14.4 Å². The van der Waals surface area contributed by atoms with E-state index in [0.29, 0.717) is 12.8 Å². The maximum Gasteiger partial charge on any atom is 0.303 e. The van der Waals surface area contributed by atoms with E-state index in [-0.39, 0.29) is 19.4 Å². The van der Waals surface area contributed by atoms with Crippen molar-refractivity contribution >= 4 is 18.2 Å². The highest BCUT2D eigenvalue weighted by Crippen LogP contribution is 2.06. The quantitative estimate of drug-likeness (QED) is 0.456. The predicted molar refractivity (Wildman–Crippen MR) is 60.7 cm³/mol. The van der Waals surface area contributed by atoms with E-state index in [4.69, 9.17) is 15.3 Å². The second-order valence-electron chi connectivity index (χ2n) is 4.26. The molecule has 0 saturated carbocycles. The number of unbranched alkanes of at least 4 members (excludes halogenated alkanes) is 1. The van der Waals surface area contributed by atoms with Gasteiger partial charge in [0.1, 0.15) is 6.29 Å². The fourth-order valence-corrected chi connectivity index (χ4v) is 0.590. The number of aliphatic hydroxyl groups is 1. The maximum absolute atomic E-state index is 9.90. The number of aliphatic hydroxyl groups excluding tert-OH is 1. The molecule has 6 nitrogen and oxygen atoms in total. The van der Waals surface area contributed by atoms with Gasteiger partial charge in [0.05, 0.1) is 6.61 Å². The zero-order valence-electron chi connectivity index (χ0n) is 10.2. The summed E-state index contributed by atoms with van der Waals surface area (Å²) >= 11 is 0. The molecule has 0 aliphatic rings. The van der Waals surface area contributed by atoms with Crippen molar-refractivity contribution in [1.29, 1.82) is 0 Å². The molecule has 0 atom stereocenters. The molecule has 0 radical (unpaired) electrons. The van der Waals surface area contributed by atoms with Gasteiger partial charge in [0.2, 0.25) is 0 Å². The molecule has 17 heavy (non-hydrogen) atoms. The Morgan fingerprint density at radius 3 is 1.53 bits per heavy atom. The number of aldehydes is 1. The summed E-state index contributed by atoms with van der Waals surface area (Å²) in [4.78, 5) is 29.7. The van der Waals surface area contributed by atoms with Crippen LogP contribution >= 0.6 is 0 Å². The van der Waals surface area contributed by atoms with Crippen LogP contribution in [-0.4, -0.2) is 40.2 Å². The molecule has 0 aromatic heterocycles. The SMILES string of the molecule is CC(C)(C=O)CO.O=C(O)CCCCC(=O)O. The van der Waals surface area contributed by atoms with Gasteiger partial charge >= 0.3 is 11.9 Å². The third-order valence-electron chi connectivity index (χ3n) is 1.76. The molecule has 0 heterocycles. The number of carboxylic acid groups (broad SMARTS) is 2. The number of aliphatic carboxylic acids is 2. The van der Waals surface area contributed by atoms with Crippen LogP contribution in [0.4, 0.5) is 0 Å². The minimum atomic E-state index is -0.870. The highest BCUT2D eigenvalue weighted by atomic mass is 16.4. The molecule has 0 aromatic carbocycles. The number of carboxylic acids is 2. The van der Waals surface area contributed by atoms with E-state index in [1.165, 1.54) is 0 Å². The second-order valence-corrected chi connectivity index (χ2v) is 4.26. The van der Waals surface area contributed by atoms with E-state index in [0.717, 1.165) is 6.29 Å². The Bertz CT molecular complexity index is 230. The van der Waals surface area contributed by atoms with Crippen molar-refractivity contribution in [1.82, 2.24) is 0 Å². The lowest BCUT2D eigenvalue weighted by Crippen LogP contribution is -2.17. The van der Waals surface area contributed by atoms with Gasteiger partial charge in [-0.25, -0.2) is 0 Å². The van der Waals surface area contributed by atoms with Crippen LogP contribution in [-0.2, 0) is 14.4 Å². The zero-order valence-corrected chi connectivity index (χ0v) is 10.2. The van der Waals surface area contributed by atoms with Gasteiger partial charge in [-0.1, -0.05) is 13.8 Å². The van der Waals surface area contributed by atoms with Gasteiger partial charge in [-0.05, 0) is 12.8 Å². The molecule has 0 rings (SSSR count). The van der Waals surface area contributed by atoms with Crippen molar-refractivity contribution in [2.45, 2.75) is 39.5 Å². The average molecular weight is 248 g/mol. The molecular weight excluding hydrogens is 228 g/mol. The lowest BCUT2D eigenvalue weighted by Gasteiger charge is -2.09. The number of carbonyl (C=O) groups is 3. The first kappa shape index (κ1) is 17.9. The summed E-state index contributed by atoms with van der Waals surface area (Å²) in [6, 6.07) is 0. The van der Waals surface area contributed by atoms with E-state index in [1.807, 2.05) is 0 Å². The van der Waals surface area contributed by atoms with Crippen LogP contribution < -0.4 is 0 Å². The van der Waals surface area contributed by atoms with Gasteiger partial charge < -0.3 is 20.1 Å². The van der Waals surface area contributed by atoms with Crippen molar-refractivity contribution in [3.8, 4) is 0 Å². The number of carbonyl (C=O) groups excluding carboxylic acids is 1. The summed E-state index contributed by atoms with van der Waals surface area (Å²) < 4.78 is 0. The molecule has 0 fully saturated rings. The summed E-state index contributed by atoms with van der Waals surface area (Å²) in [7, 11) is 0. The predicted octanol–water partition coefficient (Wildman–Crippen LogP) is 0.920. The molecular formula is C11H20O6. The molecule has 100 valence electrons. The smallest absolute Gasteiger partial charge is 0.303 e. The van der Waals surface area contributed by atoms with Crippen LogP contribution in [0.25, 0.3) is 0 Å². The van der Waals surface area contributed by atoms with Crippen LogP contribution in [0.2, 0.25) is 0 Å². The Kier molecular flexibility index (Phi) is 10.3. The number of hydrogen-bond acceptors (Lipinski definition) is 4. The normalized spacial score (nSPS) is 10.1. The lowest BCUT2D eigenvalue weighted by atomic mass is 9.98. The zero-order chi connectivity index (χ0) is 13.9. The second kappa shape index (κ2) is 9.77. The highest BCUT2D eigenvalue weighted by molar-refractivity contribution is 5.67. The topological polar surface area (TPSA) is 112 Å². The summed E-state index contributed by atoms with van der Waals surface area (Å²) in [5.41, 5.74) is -0.542. The monoisotopic (exact) mass is 248 g/mol. The van der Waals surface area contributed by atoms with Crippen molar-refractivity contribution in [3.05, 3.63) is 0 Å². The fraction of sp³-hybridized carbons (Fsp3) is 0.727. The van der Waals surface area contributed by atoms with Crippen molar-refractivity contribution in [3.63, 3.8) is 0 Å². The molecule has 0 bridgehead atoms. The molecule has 0 aliphatic carbocycles. The minimum absolute atomic E-state index is 0.0628. The Morgan fingerprint density at radius 2 is 1.41 bits per heavy atom. The van der Waals surface area contributed by atoms with Gasteiger partial charge in [-0.2, -0.15) is 0 Å². The van der Waals surface area contributed by atoms with Crippen LogP contribution in [0.15, 0.2) is 0 Å². The first-order valence-corrected chi connectivity index (χ1v) is 5.26. The lowest BCUT2D eigenvalue weighted by molar-refractivity contribution is -0.139. The molecule has 0 aliphatic heterocycles. The van der Waals surface area contributed by atoms with Crippen molar-refractivity contribution in [2.75, 3.05) is 6.61 Å². The van der Waals surface area contributed by atoms with Crippen LogP contribution in [0.3, 0.4) is 0 Å². The van der Waals surface area contributed by atoms with Gasteiger partial charge in [0, 0.05) is 18.3 Å². The van der Waals surface area contributed by atoms with Crippen LogP contribution in [0, 0.1) is 5.41 Å². The van der Waals surface area contributed by atoms with Crippen LogP contribution in [0.1, 0.15) is 39.5 Å². The Labute approximate surface area is 100 Å². The summed E-state index contributed by atoms with van der Waals surface area (Å²) in [6.07, 6.45) is 1.76. The van der Waals surface area contributed by atoms with Gasteiger partial charge in [-0.15, -0.1) is 0 Å². The summed E-state index contributed by atoms with van der Waals surface area (Å²) in [6.45, 7) is 3.29.